The van der Waals surface area contributed by atoms with Gasteiger partial charge in [-0.1, -0.05) is 128 Å². The summed E-state index contributed by atoms with van der Waals surface area (Å²) in [5, 5.41) is 2.29. The van der Waals surface area contributed by atoms with Crippen LogP contribution in [0.2, 0.25) is 0 Å². The van der Waals surface area contributed by atoms with Crippen molar-refractivity contribution in [1.82, 2.24) is 0 Å². The summed E-state index contributed by atoms with van der Waals surface area (Å²) in [6, 6.07) is 34.5. The summed E-state index contributed by atoms with van der Waals surface area (Å²) in [6.07, 6.45) is 15.5. The molecule has 0 N–H and O–H groups in total. The standard InChI is InChI=1S/C39H30O/c1-3-14-31-28(4-2)39(34-21-11-10-20-33(34)38(31)26-15-6-5-7-16-26)32-19-9-8-17-29(32)27-23-24-37-35(25-27)30-18-12-13-22-36(30)40-37/h3-25,34,39H,2H2,1H3/b14-3-. The fourth-order valence-corrected chi connectivity index (χ4v) is 6.56. The topological polar surface area (TPSA) is 13.1 Å². The highest BCUT2D eigenvalue weighted by atomic mass is 16.3. The normalized spacial score (nSPS) is 18.7. The molecule has 2 atom stereocenters. The minimum Gasteiger partial charge on any atom is -0.456 e. The first-order valence-corrected chi connectivity index (χ1v) is 13.9. The zero-order valence-electron chi connectivity index (χ0n) is 22.5. The first-order valence-electron chi connectivity index (χ1n) is 13.9. The smallest absolute Gasteiger partial charge is 0.135 e. The van der Waals surface area contributed by atoms with Crippen LogP contribution in [0.15, 0.2) is 167 Å². The van der Waals surface area contributed by atoms with Gasteiger partial charge in [-0.25, -0.2) is 0 Å². The molecular formula is C39H30O. The minimum absolute atomic E-state index is 0.125. The van der Waals surface area contributed by atoms with Crippen molar-refractivity contribution in [1.29, 1.82) is 0 Å². The van der Waals surface area contributed by atoms with E-state index in [2.05, 4.69) is 141 Å². The number of benzene rings is 4. The molecule has 192 valence electrons. The molecule has 0 spiro atoms. The Morgan fingerprint density at radius 3 is 2.38 bits per heavy atom. The van der Waals surface area contributed by atoms with Gasteiger partial charge >= 0.3 is 0 Å². The number of hydrogen-bond acceptors (Lipinski definition) is 1. The fourth-order valence-electron chi connectivity index (χ4n) is 6.56. The lowest BCUT2D eigenvalue weighted by Gasteiger charge is -2.38. The predicted molar refractivity (Wildman–Crippen MR) is 169 cm³/mol. The third-order valence-electron chi connectivity index (χ3n) is 8.23. The predicted octanol–water partition coefficient (Wildman–Crippen LogP) is 10.6. The molecule has 0 radical (unpaired) electrons. The number of hydrogen-bond donors (Lipinski definition) is 0. The third-order valence-corrected chi connectivity index (χ3v) is 8.23. The zero-order valence-corrected chi connectivity index (χ0v) is 22.5. The highest BCUT2D eigenvalue weighted by Gasteiger charge is 2.36. The minimum atomic E-state index is 0.125. The van der Waals surface area contributed by atoms with E-state index in [1.165, 1.54) is 44.5 Å². The van der Waals surface area contributed by atoms with Crippen LogP contribution in [-0.2, 0) is 0 Å². The van der Waals surface area contributed by atoms with E-state index >= 15 is 0 Å². The van der Waals surface area contributed by atoms with Gasteiger partial charge in [0.05, 0.1) is 0 Å². The summed E-state index contributed by atoms with van der Waals surface area (Å²) >= 11 is 0. The lowest BCUT2D eigenvalue weighted by Crippen LogP contribution is -2.23. The molecule has 0 saturated heterocycles. The Bertz CT molecular complexity index is 1920. The summed E-state index contributed by atoms with van der Waals surface area (Å²) in [4.78, 5) is 0. The van der Waals surface area contributed by atoms with E-state index in [0.717, 1.165) is 21.9 Å². The molecular weight excluding hydrogens is 484 g/mol. The van der Waals surface area contributed by atoms with Crippen LogP contribution in [-0.4, -0.2) is 0 Å². The SMILES string of the molecule is C=CC1=C(/C=C\C)C(c2ccccc2)=C2C=CC=CC2C1c1ccccc1-c1ccc2oc3ccccc3c2c1. The van der Waals surface area contributed by atoms with Crippen molar-refractivity contribution in [2.75, 3.05) is 0 Å². The van der Waals surface area contributed by atoms with Gasteiger partial charge in [0.25, 0.3) is 0 Å². The summed E-state index contributed by atoms with van der Waals surface area (Å²) in [5.74, 6) is 0.321. The van der Waals surface area contributed by atoms with E-state index in [4.69, 9.17) is 4.42 Å². The summed E-state index contributed by atoms with van der Waals surface area (Å²) in [5.41, 5.74) is 12.0. The Hall–Kier alpha value is -4.88. The van der Waals surface area contributed by atoms with Gasteiger partial charge in [0.2, 0.25) is 0 Å². The van der Waals surface area contributed by atoms with E-state index in [0.29, 0.717) is 0 Å². The van der Waals surface area contributed by atoms with E-state index in [-0.39, 0.29) is 11.8 Å². The average Bonchev–Trinajstić information content (AvgIpc) is 3.39. The number of furan rings is 1. The molecule has 1 heterocycles. The Balaban J connectivity index is 1.46. The highest BCUT2D eigenvalue weighted by molar-refractivity contribution is 6.06. The summed E-state index contributed by atoms with van der Waals surface area (Å²) in [6.45, 7) is 6.45. The second kappa shape index (κ2) is 10.0. The molecule has 0 amide bonds. The van der Waals surface area contributed by atoms with E-state index < -0.39 is 0 Å². The van der Waals surface area contributed by atoms with Crippen molar-refractivity contribution in [3.05, 3.63) is 174 Å². The Morgan fingerprint density at radius 1 is 0.750 bits per heavy atom. The van der Waals surface area contributed by atoms with Gasteiger partial charge in [-0.3, -0.25) is 0 Å². The average molecular weight is 515 g/mol. The molecule has 2 aliphatic carbocycles. The van der Waals surface area contributed by atoms with E-state index in [1.54, 1.807) is 0 Å². The fraction of sp³-hybridized carbons (Fsp3) is 0.0769. The van der Waals surface area contributed by atoms with Gasteiger partial charge < -0.3 is 4.42 Å². The highest BCUT2D eigenvalue weighted by Crippen LogP contribution is 2.52. The van der Waals surface area contributed by atoms with Crippen LogP contribution < -0.4 is 0 Å². The second-order valence-electron chi connectivity index (χ2n) is 10.4. The Labute approximate surface area is 235 Å². The maximum Gasteiger partial charge on any atom is 0.135 e. The first-order chi connectivity index (χ1) is 19.8. The number of para-hydroxylation sites is 1. The molecule has 0 fully saturated rings. The van der Waals surface area contributed by atoms with Gasteiger partial charge in [0.15, 0.2) is 0 Å². The van der Waals surface area contributed by atoms with Crippen molar-refractivity contribution in [2.45, 2.75) is 12.8 Å². The van der Waals surface area contributed by atoms with Crippen molar-refractivity contribution >= 4 is 27.5 Å². The van der Waals surface area contributed by atoms with Gasteiger partial charge in [0, 0.05) is 22.6 Å². The lowest BCUT2D eigenvalue weighted by atomic mass is 9.65. The maximum absolute atomic E-state index is 6.14. The molecule has 1 heteroatoms. The van der Waals surface area contributed by atoms with Crippen LogP contribution in [0.1, 0.15) is 24.0 Å². The molecule has 2 unspecified atom stereocenters. The van der Waals surface area contributed by atoms with Crippen molar-refractivity contribution in [2.24, 2.45) is 5.92 Å². The van der Waals surface area contributed by atoms with Crippen LogP contribution in [0.3, 0.4) is 0 Å². The molecule has 4 aromatic carbocycles. The molecule has 1 nitrogen and oxygen atoms in total. The van der Waals surface area contributed by atoms with Crippen LogP contribution >= 0.6 is 0 Å². The Kier molecular flexibility index (Phi) is 6.06. The summed E-state index contributed by atoms with van der Waals surface area (Å²) < 4.78 is 6.14. The summed E-state index contributed by atoms with van der Waals surface area (Å²) in [7, 11) is 0. The first kappa shape index (κ1) is 24.2. The Morgan fingerprint density at radius 2 is 1.52 bits per heavy atom. The molecule has 0 bridgehead atoms. The molecule has 7 rings (SSSR count). The lowest BCUT2D eigenvalue weighted by molar-refractivity contribution is 0.649. The molecule has 5 aromatic rings. The quantitative estimate of drug-likeness (QED) is 0.227. The van der Waals surface area contributed by atoms with Gasteiger partial charge in [-0.05, 0) is 69.7 Å². The molecule has 1 aromatic heterocycles. The molecule has 0 saturated carbocycles. The molecule has 0 aliphatic heterocycles. The number of fused-ring (bicyclic) bond motifs is 4. The third kappa shape index (κ3) is 3.86. The molecule has 2 aliphatic rings. The van der Waals surface area contributed by atoms with Gasteiger partial charge in [-0.15, -0.1) is 0 Å². The van der Waals surface area contributed by atoms with Gasteiger partial charge in [0.1, 0.15) is 11.2 Å². The van der Waals surface area contributed by atoms with Crippen LogP contribution in [0, 0.1) is 5.92 Å². The zero-order chi connectivity index (χ0) is 27.1. The number of rotatable bonds is 5. The van der Waals surface area contributed by atoms with Gasteiger partial charge in [-0.2, -0.15) is 0 Å². The number of allylic oxidation sites excluding steroid dienone is 11. The van der Waals surface area contributed by atoms with E-state index in [1.807, 2.05) is 12.1 Å². The van der Waals surface area contributed by atoms with Crippen molar-refractivity contribution in [3.63, 3.8) is 0 Å². The van der Waals surface area contributed by atoms with Crippen LogP contribution in [0.4, 0.5) is 0 Å². The second-order valence-corrected chi connectivity index (χ2v) is 10.4. The van der Waals surface area contributed by atoms with Crippen molar-refractivity contribution in [3.8, 4) is 11.1 Å². The maximum atomic E-state index is 6.14. The van der Waals surface area contributed by atoms with E-state index in [9.17, 15) is 0 Å². The largest absolute Gasteiger partial charge is 0.456 e. The molecule has 40 heavy (non-hydrogen) atoms. The monoisotopic (exact) mass is 514 g/mol. The van der Waals surface area contributed by atoms with Crippen LogP contribution in [0.25, 0.3) is 38.6 Å². The van der Waals surface area contributed by atoms with Crippen LogP contribution in [0.5, 0.6) is 0 Å². The van der Waals surface area contributed by atoms with Crippen molar-refractivity contribution < 1.29 is 4.42 Å².